The van der Waals surface area contributed by atoms with E-state index in [1.165, 1.54) is 11.1 Å². The third kappa shape index (κ3) is 3.58. The fourth-order valence-electron chi connectivity index (χ4n) is 2.01. The van der Waals surface area contributed by atoms with E-state index in [9.17, 15) is 4.79 Å². The van der Waals surface area contributed by atoms with Crippen molar-refractivity contribution >= 4 is 5.91 Å². The molecule has 0 heterocycles. The first-order valence-electron chi connectivity index (χ1n) is 6.34. The molecule has 0 saturated carbocycles. The molecule has 1 unspecified atom stereocenters. The summed E-state index contributed by atoms with van der Waals surface area (Å²) in [6, 6.07) is 4.31. The van der Waals surface area contributed by atoms with Gasteiger partial charge in [0.15, 0.2) is 0 Å². The lowest BCUT2D eigenvalue weighted by Gasteiger charge is -2.15. The van der Waals surface area contributed by atoms with Gasteiger partial charge in [-0.25, -0.2) is 0 Å². The molecular formula is C15H23NO. The van der Waals surface area contributed by atoms with Gasteiger partial charge in [-0.1, -0.05) is 19.4 Å². The van der Waals surface area contributed by atoms with Crippen molar-refractivity contribution in [3.05, 3.63) is 34.4 Å². The monoisotopic (exact) mass is 233 g/mol. The SMILES string of the molecule is CCCC(C)NC(=O)c1cc(C)c(C)cc1C. The smallest absolute Gasteiger partial charge is 0.251 e. The molecule has 17 heavy (non-hydrogen) atoms. The lowest BCUT2D eigenvalue weighted by molar-refractivity contribution is 0.0937. The number of hydrogen-bond donors (Lipinski definition) is 1. The number of amides is 1. The molecule has 0 spiro atoms. The molecule has 0 aromatic heterocycles. The summed E-state index contributed by atoms with van der Waals surface area (Å²) in [7, 11) is 0. The van der Waals surface area contributed by atoms with Crippen LogP contribution < -0.4 is 5.32 Å². The first-order chi connectivity index (χ1) is 7.95. The minimum Gasteiger partial charge on any atom is -0.350 e. The van der Waals surface area contributed by atoms with Crippen LogP contribution in [0.1, 0.15) is 53.7 Å². The third-order valence-electron chi connectivity index (χ3n) is 3.18. The molecule has 1 rings (SSSR count). The van der Waals surface area contributed by atoms with E-state index in [-0.39, 0.29) is 11.9 Å². The second kappa shape index (κ2) is 5.85. The van der Waals surface area contributed by atoms with Crippen LogP contribution in [0.15, 0.2) is 12.1 Å². The predicted molar refractivity (Wildman–Crippen MR) is 72.5 cm³/mol. The van der Waals surface area contributed by atoms with Gasteiger partial charge < -0.3 is 5.32 Å². The topological polar surface area (TPSA) is 29.1 Å². The Morgan fingerprint density at radius 1 is 1.18 bits per heavy atom. The predicted octanol–water partition coefficient (Wildman–Crippen LogP) is 3.53. The third-order valence-corrected chi connectivity index (χ3v) is 3.18. The summed E-state index contributed by atoms with van der Waals surface area (Å²) in [4.78, 5) is 12.1. The molecule has 0 saturated heterocycles. The van der Waals surface area contributed by atoms with Crippen molar-refractivity contribution in [2.24, 2.45) is 0 Å². The van der Waals surface area contributed by atoms with Crippen molar-refractivity contribution in [3.63, 3.8) is 0 Å². The second-order valence-corrected chi connectivity index (χ2v) is 4.91. The molecule has 1 aromatic carbocycles. The zero-order valence-corrected chi connectivity index (χ0v) is 11.6. The number of aryl methyl sites for hydroxylation is 3. The van der Waals surface area contributed by atoms with Crippen LogP contribution in [-0.4, -0.2) is 11.9 Å². The van der Waals surface area contributed by atoms with Gasteiger partial charge in [0.2, 0.25) is 0 Å². The fraction of sp³-hybridized carbons (Fsp3) is 0.533. The number of nitrogens with one attached hydrogen (secondary N) is 1. The van der Waals surface area contributed by atoms with Gasteiger partial charge in [0.25, 0.3) is 5.91 Å². The molecule has 0 bridgehead atoms. The highest BCUT2D eigenvalue weighted by Gasteiger charge is 2.12. The van der Waals surface area contributed by atoms with E-state index >= 15 is 0 Å². The van der Waals surface area contributed by atoms with Gasteiger partial charge in [-0.2, -0.15) is 0 Å². The average Bonchev–Trinajstić information content (AvgIpc) is 2.23. The average molecular weight is 233 g/mol. The van der Waals surface area contributed by atoms with E-state index < -0.39 is 0 Å². The molecule has 0 aliphatic carbocycles. The molecule has 94 valence electrons. The zero-order valence-electron chi connectivity index (χ0n) is 11.6. The zero-order chi connectivity index (χ0) is 13.0. The summed E-state index contributed by atoms with van der Waals surface area (Å²) in [6.07, 6.45) is 2.11. The molecule has 0 radical (unpaired) electrons. The van der Waals surface area contributed by atoms with E-state index in [4.69, 9.17) is 0 Å². The van der Waals surface area contributed by atoms with Crippen LogP contribution in [0.5, 0.6) is 0 Å². The van der Waals surface area contributed by atoms with Crippen LogP contribution in [0.2, 0.25) is 0 Å². The second-order valence-electron chi connectivity index (χ2n) is 4.91. The number of hydrogen-bond acceptors (Lipinski definition) is 1. The molecule has 1 atom stereocenters. The maximum absolute atomic E-state index is 12.1. The van der Waals surface area contributed by atoms with E-state index in [2.05, 4.69) is 32.2 Å². The summed E-state index contributed by atoms with van der Waals surface area (Å²) >= 11 is 0. The summed E-state index contributed by atoms with van der Waals surface area (Å²) in [5.74, 6) is 0.0477. The van der Waals surface area contributed by atoms with Crippen LogP contribution in [-0.2, 0) is 0 Å². The Labute approximate surface area is 104 Å². The van der Waals surface area contributed by atoms with Crippen LogP contribution in [0, 0.1) is 20.8 Å². The molecular weight excluding hydrogens is 210 g/mol. The Hall–Kier alpha value is -1.31. The summed E-state index contributed by atoms with van der Waals surface area (Å²) in [5, 5.41) is 3.05. The number of rotatable bonds is 4. The fourth-order valence-corrected chi connectivity index (χ4v) is 2.01. The molecule has 1 aromatic rings. The van der Waals surface area contributed by atoms with Gasteiger partial charge in [0.1, 0.15) is 0 Å². The molecule has 2 heteroatoms. The van der Waals surface area contributed by atoms with Gasteiger partial charge in [-0.05, 0) is 56.9 Å². The van der Waals surface area contributed by atoms with Crippen LogP contribution in [0.3, 0.4) is 0 Å². The van der Waals surface area contributed by atoms with Gasteiger partial charge in [0, 0.05) is 11.6 Å². The lowest BCUT2D eigenvalue weighted by atomic mass is 10.00. The Balaban J connectivity index is 2.86. The molecule has 1 N–H and O–H groups in total. The Kier molecular flexibility index (Phi) is 4.73. The van der Waals surface area contributed by atoms with Gasteiger partial charge in [-0.15, -0.1) is 0 Å². The number of benzene rings is 1. The minimum atomic E-state index is 0.0477. The highest BCUT2D eigenvalue weighted by Crippen LogP contribution is 2.15. The van der Waals surface area contributed by atoms with Gasteiger partial charge in [0.05, 0.1) is 0 Å². The van der Waals surface area contributed by atoms with E-state index in [0.29, 0.717) is 0 Å². The van der Waals surface area contributed by atoms with E-state index in [0.717, 1.165) is 24.0 Å². The minimum absolute atomic E-state index is 0.0477. The quantitative estimate of drug-likeness (QED) is 0.847. The highest BCUT2D eigenvalue weighted by atomic mass is 16.1. The van der Waals surface area contributed by atoms with Crippen molar-refractivity contribution in [1.82, 2.24) is 5.32 Å². The van der Waals surface area contributed by atoms with Crippen LogP contribution in [0.25, 0.3) is 0 Å². The van der Waals surface area contributed by atoms with Crippen LogP contribution >= 0.6 is 0 Å². The van der Waals surface area contributed by atoms with Crippen LogP contribution in [0.4, 0.5) is 0 Å². The molecule has 0 aliphatic rings. The summed E-state index contributed by atoms with van der Waals surface area (Å²) < 4.78 is 0. The van der Waals surface area contributed by atoms with Crippen molar-refractivity contribution in [1.29, 1.82) is 0 Å². The molecule has 0 aliphatic heterocycles. The largest absolute Gasteiger partial charge is 0.350 e. The Morgan fingerprint density at radius 2 is 1.76 bits per heavy atom. The maximum Gasteiger partial charge on any atom is 0.251 e. The Morgan fingerprint density at radius 3 is 2.35 bits per heavy atom. The van der Waals surface area contributed by atoms with Gasteiger partial charge in [-0.3, -0.25) is 4.79 Å². The normalized spacial score (nSPS) is 12.3. The lowest BCUT2D eigenvalue weighted by Crippen LogP contribution is -2.32. The Bertz CT molecular complexity index is 410. The first-order valence-corrected chi connectivity index (χ1v) is 6.34. The maximum atomic E-state index is 12.1. The van der Waals surface area contributed by atoms with Crippen molar-refractivity contribution in [3.8, 4) is 0 Å². The standard InChI is InChI=1S/C15H23NO/c1-6-7-13(5)16-15(17)14-9-11(3)10(2)8-12(14)4/h8-9,13H,6-7H2,1-5H3,(H,16,17). The molecule has 1 amide bonds. The van der Waals surface area contributed by atoms with Crippen molar-refractivity contribution in [2.45, 2.75) is 53.5 Å². The summed E-state index contributed by atoms with van der Waals surface area (Å²) in [6.45, 7) is 10.3. The first kappa shape index (κ1) is 13.8. The van der Waals surface area contributed by atoms with Crippen molar-refractivity contribution in [2.75, 3.05) is 0 Å². The molecule has 2 nitrogen and oxygen atoms in total. The van der Waals surface area contributed by atoms with E-state index in [1.807, 2.05) is 19.9 Å². The number of carbonyl (C=O) groups excluding carboxylic acids is 1. The van der Waals surface area contributed by atoms with Gasteiger partial charge >= 0.3 is 0 Å². The highest BCUT2D eigenvalue weighted by molar-refractivity contribution is 5.96. The molecule has 0 fully saturated rings. The summed E-state index contributed by atoms with van der Waals surface area (Å²) in [5.41, 5.74) is 4.26. The van der Waals surface area contributed by atoms with E-state index in [1.54, 1.807) is 0 Å². The van der Waals surface area contributed by atoms with Crippen molar-refractivity contribution < 1.29 is 4.79 Å². The number of carbonyl (C=O) groups is 1.